The Hall–Kier alpha value is -1.39. The molecular weight excluding hydrogens is 248 g/mol. The number of hydrogen-bond acceptors (Lipinski definition) is 5. The molecule has 0 atom stereocenters. The lowest BCUT2D eigenvalue weighted by Gasteiger charge is -2.02. The molecule has 0 spiro atoms. The summed E-state index contributed by atoms with van der Waals surface area (Å²) < 4.78 is 0. The van der Waals surface area contributed by atoms with Gasteiger partial charge in [0.2, 0.25) is 0 Å². The van der Waals surface area contributed by atoms with Crippen molar-refractivity contribution in [3.05, 3.63) is 0 Å². The van der Waals surface area contributed by atoms with Gasteiger partial charge >= 0.3 is 11.9 Å². The highest BCUT2D eigenvalue weighted by atomic mass is 17.2. The summed E-state index contributed by atoms with van der Waals surface area (Å²) in [5.74, 6) is -1.00. The normalized spacial score (nSPS) is 9.95. The highest BCUT2D eigenvalue weighted by Gasteiger charge is 2.08. The van der Waals surface area contributed by atoms with E-state index >= 15 is 0 Å². The number of unbranched alkanes of at least 4 members (excludes halogenated alkanes) is 6. The maximum atomic E-state index is 11.2. The first-order chi connectivity index (χ1) is 9.20. The van der Waals surface area contributed by atoms with E-state index in [2.05, 4.69) is 9.78 Å². The second-order valence-electron chi connectivity index (χ2n) is 4.49. The summed E-state index contributed by atoms with van der Waals surface area (Å²) >= 11 is 0. The fraction of sp³-hybridized carbons (Fsp3) is 0.786. The lowest BCUT2D eigenvalue weighted by molar-refractivity contribution is -0.259. The molecule has 0 aromatic carbocycles. The Bertz CT molecular complexity index is 263. The van der Waals surface area contributed by atoms with Crippen molar-refractivity contribution in [3.8, 4) is 0 Å². The summed E-state index contributed by atoms with van der Waals surface area (Å²) in [6.45, 7) is 1.85. The molecule has 0 N–H and O–H groups in total. The van der Waals surface area contributed by atoms with Gasteiger partial charge in [-0.25, -0.2) is 19.4 Å². The molecule has 0 saturated heterocycles. The fourth-order valence-corrected chi connectivity index (χ4v) is 1.58. The van der Waals surface area contributed by atoms with E-state index in [1.165, 1.54) is 0 Å². The smallest absolute Gasteiger partial charge is 0.303 e. The second kappa shape index (κ2) is 13.1. The molecule has 0 aliphatic rings. The van der Waals surface area contributed by atoms with E-state index in [0.717, 1.165) is 44.8 Å². The van der Waals surface area contributed by atoms with Crippen LogP contribution in [0.2, 0.25) is 0 Å². The lowest BCUT2D eigenvalue weighted by atomic mass is 10.1. The molecule has 0 rings (SSSR count). The van der Waals surface area contributed by atoms with Gasteiger partial charge in [0.25, 0.3) is 0 Å². The zero-order valence-electron chi connectivity index (χ0n) is 11.7. The summed E-state index contributed by atoms with van der Waals surface area (Å²) in [5.41, 5.74) is 0. The SMILES string of the molecule is CCCC(=O)OOC(=O)CCCCCCCCC=O. The maximum Gasteiger partial charge on any atom is 0.355 e. The van der Waals surface area contributed by atoms with Crippen LogP contribution < -0.4 is 0 Å². The van der Waals surface area contributed by atoms with Gasteiger partial charge in [0.15, 0.2) is 0 Å². The third kappa shape index (κ3) is 12.9. The molecule has 0 amide bonds. The number of carbonyl (C=O) groups excluding carboxylic acids is 3. The highest BCUT2D eigenvalue weighted by molar-refractivity contribution is 5.72. The molecule has 19 heavy (non-hydrogen) atoms. The van der Waals surface area contributed by atoms with Crippen LogP contribution in [0.4, 0.5) is 0 Å². The van der Waals surface area contributed by atoms with E-state index in [-0.39, 0.29) is 12.8 Å². The third-order valence-corrected chi connectivity index (χ3v) is 2.63. The molecule has 0 bridgehead atoms. The first-order valence-corrected chi connectivity index (χ1v) is 7.04. The monoisotopic (exact) mass is 272 g/mol. The van der Waals surface area contributed by atoms with Gasteiger partial charge in [-0.3, -0.25) is 0 Å². The Balaban J connectivity index is 3.29. The van der Waals surface area contributed by atoms with Crippen molar-refractivity contribution in [2.45, 2.75) is 71.1 Å². The highest BCUT2D eigenvalue weighted by Crippen LogP contribution is 2.08. The fourth-order valence-electron chi connectivity index (χ4n) is 1.58. The Morgan fingerprint density at radius 1 is 0.842 bits per heavy atom. The average molecular weight is 272 g/mol. The number of aldehydes is 1. The number of hydrogen-bond donors (Lipinski definition) is 0. The topological polar surface area (TPSA) is 69.7 Å². The van der Waals surface area contributed by atoms with Crippen LogP contribution in [0, 0.1) is 0 Å². The summed E-state index contributed by atoms with van der Waals surface area (Å²) in [6.07, 6.45) is 8.57. The van der Waals surface area contributed by atoms with Crippen molar-refractivity contribution in [1.82, 2.24) is 0 Å². The summed E-state index contributed by atoms with van der Waals surface area (Å²) in [6, 6.07) is 0. The third-order valence-electron chi connectivity index (χ3n) is 2.63. The molecular formula is C14H24O5. The van der Waals surface area contributed by atoms with Crippen LogP contribution in [-0.4, -0.2) is 18.2 Å². The van der Waals surface area contributed by atoms with Crippen molar-refractivity contribution < 1.29 is 24.2 Å². The van der Waals surface area contributed by atoms with E-state index in [0.29, 0.717) is 12.8 Å². The first-order valence-electron chi connectivity index (χ1n) is 7.04. The zero-order chi connectivity index (χ0) is 14.3. The zero-order valence-corrected chi connectivity index (χ0v) is 11.7. The largest absolute Gasteiger partial charge is 0.355 e. The Morgan fingerprint density at radius 3 is 1.95 bits per heavy atom. The molecule has 5 heteroatoms. The number of carbonyl (C=O) groups is 3. The molecule has 0 heterocycles. The van der Waals surface area contributed by atoms with Crippen LogP contribution in [0.1, 0.15) is 71.1 Å². The van der Waals surface area contributed by atoms with Crippen molar-refractivity contribution in [3.63, 3.8) is 0 Å². The lowest BCUT2D eigenvalue weighted by Crippen LogP contribution is -2.10. The van der Waals surface area contributed by atoms with Gasteiger partial charge in [0.05, 0.1) is 6.42 Å². The molecule has 0 radical (unpaired) electrons. The average Bonchev–Trinajstić information content (AvgIpc) is 2.40. The van der Waals surface area contributed by atoms with Crippen LogP contribution in [0.3, 0.4) is 0 Å². The minimum Gasteiger partial charge on any atom is -0.303 e. The predicted molar refractivity (Wildman–Crippen MR) is 70.1 cm³/mol. The Labute approximate surface area is 114 Å². The Kier molecular flexibility index (Phi) is 12.1. The molecule has 0 fully saturated rings. The predicted octanol–water partition coefficient (Wildman–Crippen LogP) is 3.11. The number of rotatable bonds is 11. The van der Waals surface area contributed by atoms with Gasteiger partial charge < -0.3 is 4.79 Å². The molecule has 0 saturated carbocycles. The van der Waals surface area contributed by atoms with E-state index < -0.39 is 11.9 Å². The standard InChI is InChI=1S/C14H24O5/c1-2-10-13(16)18-19-14(17)11-8-6-4-3-5-7-9-12-15/h12H,2-11H2,1H3. The van der Waals surface area contributed by atoms with Gasteiger partial charge in [-0.1, -0.05) is 32.6 Å². The molecule has 0 aromatic rings. The first kappa shape index (κ1) is 17.6. The molecule has 0 aliphatic heterocycles. The van der Waals surface area contributed by atoms with Gasteiger partial charge in [-0.2, -0.15) is 0 Å². The van der Waals surface area contributed by atoms with Crippen LogP contribution in [0.15, 0.2) is 0 Å². The van der Waals surface area contributed by atoms with E-state index in [1.54, 1.807) is 0 Å². The van der Waals surface area contributed by atoms with Gasteiger partial charge in [-0.15, -0.1) is 0 Å². The second-order valence-corrected chi connectivity index (χ2v) is 4.49. The van der Waals surface area contributed by atoms with Crippen LogP contribution in [-0.2, 0) is 24.2 Å². The quantitative estimate of drug-likeness (QED) is 0.250. The van der Waals surface area contributed by atoms with Gasteiger partial charge in [-0.05, 0) is 19.3 Å². The summed E-state index contributed by atoms with van der Waals surface area (Å²) in [4.78, 5) is 40.9. The van der Waals surface area contributed by atoms with Crippen LogP contribution in [0.5, 0.6) is 0 Å². The molecule has 0 aromatic heterocycles. The van der Waals surface area contributed by atoms with Crippen molar-refractivity contribution in [2.24, 2.45) is 0 Å². The van der Waals surface area contributed by atoms with Crippen LogP contribution in [0.25, 0.3) is 0 Å². The summed E-state index contributed by atoms with van der Waals surface area (Å²) in [5, 5.41) is 0. The Morgan fingerprint density at radius 2 is 1.37 bits per heavy atom. The molecule has 5 nitrogen and oxygen atoms in total. The summed E-state index contributed by atoms with van der Waals surface area (Å²) in [7, 11) is 0. The van der Waals surface area contributed by atoms with Crippen molar-refractivity contribution >= 4 is 18.2 Å². The van der Waals surface area contributed by atoms with Gasteiger partial charge in [0, 0.05) is 12.8 Å². The van der Waals surface area contributed by atoms with Crippen LogP contribution >= 0.6 is 0 Å². The molecule has 0 aliphatic carbocycles. The van der Waals surface area contributed by atoms with Crippen molar-refractivity contribution in [2.75, 3.05) is 0 Å². The van der Waals surface area contributed by atoms with E-state index in [4.69, 9.17) is 0 Å². The maximum absolute atomic E-state index is 11.2. The van der Waals surface area contributed by atoms with Gasteiger partial charge in [0.1, 0.15) is 6.29 Å². The van der Waals surface area contributed by atoms with Crippen molar-refractivity contribution in [1.29, 1.82) is 0 Å². The molecule has 0 unspecified atom stereocenters. The minimum atomic E-state index is -0.508. The van der Waals surface area contributed by atoms with E-state index in [1.807, 2.05) is 6.92 Å². The van der Waals surface area contributed by atoms with E-state index in [9.17, 15) is 14.4 Å². The molecule has 110 valence electrons. The minimum absolute atomic E-state index is 0.258.